The van der Waals surface area contributed by atoms with Gasteiger partial charge < -0.3 is 14.8 Å². The average Bonchev–Trinajstić information content (AvgIpc) is 3.60. The van der Waals surface area contributed by atoms with Crippen molar-refractivity contribution in [2.75, 3.05) is 23.1 Å². The fraction of sp³-hybridized carbons (Fsp3) is 0.167. The Bertz CT molecular complexity index is 1720. The molecule has 1 aliphatic heterocycles. The molecule has 226 valence electrons. The van der Waals surface area contributed by atoms with Gasteiger partial charge in [0.25, 0.3) is 0 Å². The van der Waals surface area contributed by atoms with E-state index in [1.807, 2.05) is 25.1 Å². The van der Waals surface area contributed by atoms with Crippen molar-refractivity contribution in [3.05, 3.63) is 95.6 Å². The number of thioether (sulfide) groups is 1. The van der Waals surface area contributed by atoms with Crippen LogP contribution in [0.3, 0.4) is 0 Å². The number of hydrogen-bond acceptors (Lipinski definition) is 7. The van der Waals surface area contributed by atoms with Crippen LogP contribution in [0.5, 0.6) is 5.75 Å². The van der Waals surface area contributed by atoms with E-state index in [9.17, 15) is 22.8 Å². The van der Waals surface area contributed by atoms with Crippen molar-refractivity contribution >= 4 is 52.4 Å². The van der Waals surface area contributed by atoms with Crippen molar-refractivity contribution in [3.8, 4) is 11.4 Å². The summed E-state index contributed by atoms with van der Waals surface area (Å²) >= 11 is 1.19. The van der Waals surface area contributed by atoms with Crippen LogP contribution in [-0.2, 0) is 16.1 Å². The molecule has 14 heteroatoms. The van der Waals surface area contributed by atoms with Crippen molar-refractivity contribution < 1.29 is 32.2 Å². The third-order valence-corrected chi connectivity index (χ3v) is 7.10. The highest BCUT2D eigenvalue weighted by molar-refractivity contribution is 8.15. The number of carbonyl (C=O) groups is 2. The molecule has 3 amide bonds. The number of nitrogens with one attached hydrogen (secondary N) is 1. The second-order valence-electron chi connectivity index (χ2n) is 9.45. The Morgan fingerprint density at radius 1 is 1.09 bits per heavy atom. The van der Waals surface area contributed by atoms with Crippen molar-refractivity contribution in [2.24, 2.45) is 4.99 Å². The molecule has 2 heterocycles. The lowest BCUT2D eigenvalue weighted by molar-refractivity contribution is -0.274. The molecule has 0 saturated carbocycles. The molecule has 1 N–H and O–H groups in total. The van der Waals surface area contributed by atoms with Gasteiger partial charge in [0.15, 0.2) is 11.0 Å². The number of aromatic nitrogens is 3. The van der Waals surface area contributed by atoms with E-state index in [0.717, 1.165) is 16.7 Å². The molecule has 1 aromatic heterocycles. The Morgan fingerprint density at radius 2 is 1.84 bits per heavy atom. The number of ether oxygens (including phenoxy) is 2. The maximum atomic E-state index is 12.8. The standard InChI is InChI=1S/C30H25F3N6O4S/c1-19-3-7-21(16-42-2)25(15-19)39-27(40)17-44-29(39)36-28(41)35-22-8-4-20(5-9-22)6-14-26-34-18-38(37-26)23-10-12-24(13-11-23)43-30(31,32)33/h3-15,18H,16-17H2,1-2H3,(H,35,41). The summed E-state index contributed by atoms with van der Waals surface area (Å²) in [6.45, 7) is 2.22. The molecule has 10 nitrogen and oxygen atoms in total. The van der Waals surface area contributed by atoms with Crippen LogP contribution >= 0.6 is 11.8 Å². The van der Waals surface area contributed by atoms with Crippen LogP contribution in [0.25, 0.3) is 17.8 Å². The first-order valence-electron chi connectivity index (χ1n) is 13.1. The average molecular weight is 623 g/mol. The molecule has 0 unspecified atom stereocenters. The van der Waals surface area contributed by atoms with Gasteiger partial charge in [0.1, 0.15) is 12.1 Å². The zero-order valence-electron chi connectivity index (χ0n) is 23.4. The first-order valence-corrected chi connectivity index (χ1v) is 14.1. The van der Waals surface area contributed by atoms with E-state index in [4.69, 9.17) is 4.74 Å². The Hall–Kier alpha value is -4.95. The summed E-state index contributed by atoms with van der Waals surface area (Å²) in [6, 6.07) is 17.3. The zero-order chi connectivity index (χ0) is 31.3. The number of hydrogen-bond donors (Lipinski definition) is 1. The van der Waals surface area contributed by atoms with Gasteiger partial charge in [0, 0.05) is 18.4 Å². The highest BCUT2D eigenvalue weighted by atomic mass is 32.2. The Kier molecular flexibility index (Phi) is 9.11. The van der Waals surface area contributed by atoms with E-state index in [1.165, 1.54) is 51.9 Å². The molecule has 0 spiro atoms. The summed E-state index contributed by atoms with van der Waals surface area (Å²) in [4.78, 5) is 35.3. The second kappa shape index (κ2) is 13.1. The predicted octanol–water partition coefficient (Wildman–Crippen LogP) is 6.46. The van der Waals surface area contributed by atoms with E-state index in [0.29, 0.717) is 29.5 Å². The number of anilines is 2. The van der Waals surface area contributed by atoms with Crippen molar-refractivity contribution in [2.45, 2.75) is 19.9 Å². The molecule has 1 aliphatic rings. The number of halogens is 3. The van der Waals surface area contributed by atoms with Gasteiger partial charge in [0.05, 0.1) is 23.7 Å². The maximum absolute atomic E-state index is 12.8. The SMILES string of the molecule is COCc1ccc(C)cc1N1C(=O)CSC1=NC(=O)Nc1ccc(C=Cc2ncn(-c3ccc(OC(F)(F)F)cc3)n2)cc1. The number of amides is 3. The van der Waals surface area contributed by atoms with Crippen molar-refractivity contribution in [3.63, 3.8) is 0 Å². The first-order chi connectivity index (χ1) is 21.1. The smallest absolute Gasteiger partial charge is 0.406 e. The van der Waals surface area contributed by atoms with Gasteiger partial charge in [-0.1, -0.05) is 42.1 Å². The number of alkyl halides is 3. The molecular weight excluding hydrogens is 597 g/mol. The van der Waals surface area contributed by atoms with Crippen LogP contribution in [0.15, 0.2) is 78.0 Å². The normalized spacial score (nSPS) is 14.5. The third kappa shape index (κ3) is 7.71. The maximum Gasteiger partial charge on any atom is 0.573 e. The van der Waals surface area contributed by atoms with Crippen LogP contribution in [0.4, 0.5) is 29.3 Å². The molecule has 0 aliphatic carbocycles. The fourth-order valence-corrected chi connectivity index (χ4v) is 5.06. The minimum absolute atomic E-state index is 0.170. The highest BCUT2D eigenvalue weighted by Gasteiger charge is 2.32. The summed E-state index contributed by atoms with van der Waals surface area (Å²) < 4.78 is 47.7. The molecule has 1 saturated heterocycles. The predicted molar refractivity (Wildman–Crippen MR) is 162 cm³/mol. The molecule has 44 heavy (non-hydrogen) atoms. The van der Waals surface area contributed by atoms with Gasteiger partial charge in [-0.25, -0.2) is 14.5 Å². The van der Waals surface area contributed by atoms with Gasteiger partial charge in [0.2, 0.25) is 5.91 Å². The molecule has 0 atom stereocenters. The van der Waals surface area contributed by atoms with Crippen LogP contribution < -0.4 is 15.0 Å². The number of urea groups is 1. The molecule has 1 fully saturated rings. The first kappa shape index (κ1) is 30.5. The monoisotopic (exact) mass is 622 g/mol. The topological polar surface area (TPSA) is 111 Å². The summed E-state index contributed by atoms with van der Waals surface area (Å²) in [7, 11) is 1.57. The van der Waals surface area contributed by atoms with Gasteiger partial charge in [-0.15, -0.1) is 18.3 Å². The number of benzene rings is 3. The highest BCUT2D eigenvalue weighted by Crippen LogP contribution is 2.31. The number of methoxy groups -OCH3 is 1. The van der Waals surface area contributed by atoms with E-state index in [-0.39, 0.29) is 22.6 Å². The summed E-state index contributed by atoms with van der Waals surface area (Å²) in [5.74, 6) is 0.0450. The summed E-state index contributed by atoms with van der Waals surface area (Å²) in [5, 5.41) is 7.31. The van der Waals surface area contributed by atoms with E-state index >= 15 is 0 Å². The summed E-state index contributed by atoms with van der Waals surface area (Å²) in [5.41, 5.74) is 4.22. The Morgan fingerprint density at radius 3 is 2.55 bits per heavy atom. The lowest BCUT2D eigenvalue weighted by Gasteiger charge is -2.20. The zero-order valence-corrected chi connectivity index (χ0v) is 24.2. The minimum Gasteiger partial charge on any atom is -0.406 e. The number of rotatable bonds is 8. The van der Waals surface area contributed by atoms with Gasteiger partial charge in [-0.3, -0.25) is 9.69 Å². The number of aliphatic imine (C=N–C) groups is 1. The molecule has 3 aromatic carbocycles. The Labute approximate surface area is 254 Å². The second-order valence-corrected chi connectivity index (χ2v) is 10.4. The van der Waals surface area contributed by atoms with E-state index in [2.05, 4.69) is 25.1 Å². The number of nitrogens with zero attached hydrogens (tertiary/aromatic N) is 5. The van der Waals surface area contributed by atoms with Gasteiger partial charge in [-0.05, 0) is 66.6 Å². The van der Waals surface area contributed by atoms with Gasteiger partial charge >= 0.3 is 12.4 Å². The van der Waals surface area contributed by atoms with E-state index < -0.39 is 12.4 Å². The lowest BCUT2D eigenvalue weighted by atomic mass is 10.1. The molecular formula is C30H25F3N6O4S. The molecule has 0 bridgehead atoms. The minimum atomic E-state index is -4.76. The molecule has 0 radical (unpaired) electrons. The van der Waals surface area contributed by atoms with Crippen LogP contribution in [0.2, 0.25) is 0 Å². The number of aryl methyl sites for hydroxylation is 1. The summed E-state index contributed by atoms with van der Waals surface area (Å²) in [6.07, 6.45) is 0.112. The van der Waals surface area contributed by atoms with Crippen LogP contribution in [0.1, 0.15) is 22.5 Å². The lowest BCUT2D eigenvalue weighted by Crippen LogP contribution is -2.31. The van der Waals surface area contributed by atoms with Crippen molar-refractivity contribution in [1.82, 2.24) is 14.8 Å². The van der Waals surface area contributed by atoms with E-state index in [1.54, 1.807) is 43.5 Å². The molecule has 4 aromatic rings. The third-order valence-electron chi connectivity index (χ3n) is 6.18. The number of amidine groups is 1. The van der Waals surface area contributed by atoms with Crippen molar-refractivity contribution in [1.29, 1.82) is 0 Å². The van der Waals surface area contributed by atoms with Crippen LogP contribution in [-0.4, -0.2) is 51.1 Å². The quantitative estimate of drug-likeness (QED) is 0.240. The largest absolute Gasteiger partial charge is 0.573 e. The number of carbonyl (C=O) groups excluding carboxylic acids is 2. The Balaban J connectivity index is 1.21. The van der Waals surface area contributed by atoms with Crippen LogP contribution in [0, 0.1) is 6.92 Å². The molecule has 5 rings (SSSR count). The van der Waals surface area contributed by atoms with Gasteiger partial charge in [-0.2, -0.15) is 4.99 Å². The fourth-order valence-electron chi connectivity index (χ4n) is 4.21.